The highest BCUT2D eigenvalue weighted by atomic mass is 16.6. The molecule has 1 heterocycles. The third-order valence-corrected chi connectivity index (χ3v) is 2.59. The van der Waals surface area contributed by atoms with E-state index in [1.807, 2.05) is 0 Å². The van der Waals surface area contributed by atoms with E-state index >= 15 is 0 Å². The minimum Gasteiger partial charge on any atom is -0.448 e. The monoisotopic (exact) mass is 276 g/mol. The molecule has 1 aromatic carbocycles. The van der Waals surface area contributed by atoms with Crippen molar-refractivity contribution < 1.29 is 24.3 Å². The number of hydroxylamine groups is 2. The molecule has 9 nitrogen and oxygen atoms in total. The Labute approximate surface area is 111 Å². The summed E-state index contributed by atoms with van der Waals surface area (Å²) in [5, 5.41) is 12.3. The van der Waals surface area contributed by atoms with Gasteiger partial charge >= 0.3 is 5.97 Å². The minimum absolute atomic E-state index is 0.0668. The molecule has 0 bridgehead atoms. The smallest absolute Gasteiger partial charge is 0.338 e. The Hall–Kier alpha value is -2.90. The Kier molecular flexibility index (Phi) is 3.65. The minimum atomic E-state index is -1.32. The Balaban J connectivity index is 2.07. The second kappa shape index (κ2) is 5.39. The van der Waals surface area contributed by atoms with Gasteiger partial charge in [-0.3, -0.25) is 14.8 Å². The first kappa shape index (κ1) is 13.5. The van der Waals surface area contributed by atoms with E-state index in [4.69, 9.17) is 15.5 Å². The molecule has 1 aromatic rings. The van der Waals surface area contributed by atoms with E-state index < -0.39 is 30.3 Å². The van der Waals surface area contributed by atoms with Crippen LogP contribution in [0, 0.1) is 0 Å². The maximum Gasteiger partial charge on any atom is 0.338 e. The number of carbonyl (C=O) groups is 3. The van der Waals surface area contributed by atoms with Crippen LogP contribution in [0.4, 0.5) is 5.69 Å². The van der Waals surface area contributed by atoms with Crippen molar-refractivity contribution in [3.8, 4) is 0 Å². The SMILES string of the molecule is [N-]=[N+]=Nc1ccc(C(=O)OC2CC(=O)N(O)C2=O)cc1. The lowest BCUT2D eigenvalue weighted by Crippen LogP contribution is -2.30. The van der Waals surface area contributed by atoms with Crippen LogP contribution in [0.3, 0.4) is 0 Å². The molecule has 1 atom stereocenters. The van der Waals surface area contributed by atoms with Gasteiger partial charge in [0.1, 0.15) is 0 Å². The van der Waals surface area contributed by atoms with Crippen LogP contribution in [0.5, 0.6) is 0 Å². The summed E-state index contributed by atoms with van der Waals surface area (Å²) in [6.45, 7) is 0. The number of hydrogen-bond donors (Lipinski definition) is 1. The van der Waals surface area contributed by atoms with Gasteiger partial charge < -0.3 is 4.74 Å². The van der Waals surface area contributed by atoms with E-state index in [0.29, 0.717) is 5.69 Å². The van der Waals surface area contributed by atoms with Gasteiger partial charge in [0, 0.05) is 10.6 Å². The zero-order chi connectivity index (χ0) is 14.7. The van der Waals surface area contributed by atoms with Crippen LogP contribution >= 0.6 is 0 Å². The molecule has 9 heteroatoms. The number of benzene rings is 1. The number of imide groups is 1. The molecule has 0 radical (unpaired) electrons. The van der Waals surface area contributed by atoms with Crippen molar-refractivity contribution in [2.24, 2.45) is 5.11 Å². The molecule has 0 aromatic heterocycles. The average molecular weight is 276 g/mol. The van der Waals surface area contributed by atoms with Crippen molar-refractivity contribution in [3.05, 3.63) is 40.3 Å². The van der Waals surface area contributed by atoms with Crippen molar-refractivity contribution in [2.75, 3.05) is 0 Å². The number of amides is 2. The molecule has 102 valence electrons. The summed E-state index contributed by atoms with van der Waals surface area (Å²) in [6, 6.07) is 5.50. The Morgan fingerprint density at radius 3 is 2.55 bits per heavy atom. The number of rotatable bonds is 3. The second-order valence-electron chi connectivity index (χ2n) is 3.88. The fourth-order valence-corrected chi connectivity index (χ4v) is 1.60. The third kappa shape index (κ3) is 2.58. The molecular weight excluding hydrogens is 268 g/mol. The number of hydrogen-bond acceptors (Lipinski definition) is 6. The molecule has 1 N–H and O–H groups in total. The molecule has 0 saturated carbocycles. The van der Waals surface area contributed by atoms with Crippen molar-refractivity contribution in [1.82, 2.24) is 5.06 Å². The van der Waals surface area contributed by atoms with Gasteiger partial charge in [-0.15, -0.1) is 0 Å². The predicted molar refractivity (Wildman–Crippen MR) is 62.7 cm³/mol. The van der Waals surface area contributed by atoms with E-state index in [9.17, 15) is 14.4 Å². The first-order valence-electron chi connectivity index (χ1n) is 5.44. The molecule has 1 saturated heterocycles. The highest BCUT2D eigenvalue weighted by Gasteiger charge is 2.40. The molecule has 1 aliphatic rings. The molecule has 20 heavy (non-hydrogen) atoms. The highest BCUT2D eigenvalue weighted by molar-refractivity contribution is 6.05. The first-order chi connectivity index (χ1) is 9.52. The van der Waals surface area contributed by atoms with Gasteiger partial charge in [-0.05, 0) is 17.7 Å². The number of azide groups is 1. The van der Waals surface area contributed by atoms with Crippen LogP contribution in [0.2, 0.25) is 0 Å². The summed E-state index contributed by atoms with van der Waals surface area (Å²) in [6.07, 6.45) is -1.71. The van der Waals surface area contributed by atoms with Gasteiger partial charge in [0.2, 0.25) is 0 Å². The molecule has 1 fully saturated rings. The van der Waals surface area contributed by atoms with Crippen LogP contribution in [0.15, 0.2) is 29.4 Å². The number of nitrogens with zero attached hydrogens (tertiary/aromatic N) is 4. The molecule has 0 spiro atoms. The lowest BCUT2D eigenvalue weighted by molar-refractivity contribution is -0.173. The number of carbonyl (C=O) groups excluding carboxylic acids is 3. The predicted octanol–water partition coefficient (Wildman–Crippen LogP) is 1.30. The van der Waals surface area contributed by atoms with Crippen LogP contribution < -0.4 is 0 Å². The lowest BCUT2D eigenvalue weighted by atomic mass is 10.2. The lowest BCUT2D eigenvalue weighted by Gasteiger charge is -2.09. The van der Waals surface area contributed by atoms with Gasteiger partial charge in [0.05, 0.1) is 12.0 Å². The van der Waals surface area contributed by atoms with E-state index in [-0.39, 0.29) is 10.6 Å². The molecule has 0 aliphatic carbocycles. The maximum atomic E-state index is 11.7. The van der Waals surface area contributed by atoms with E-state index in [1.165, 1.54) is 24.3 Å². The third-order valence-electron chi connectivity index (χ3n) is 2.59. The molecular formula is C11H8N4O5. The van der Waals surface area contributed by atoms with Gasteiger partial charge in [-0.25, -0.2) is 4.79 Å². The topological polar surface area (TPSA) is 133 Å². The summed E-state index contributed by atoms with van der Waals surface area (Å²) in [4.78, 5) is 36.7. The summed E-state index contributed by atoms with van der Waals surface area (Å²) in [7, 11) is 0. The van der Waals surface area contributed by atoms with Crippen molar-refractivity contribution in [1.29, 1.82) is 0 Å². The Bertz CT molecular complexity index is 620. The van der Waals surface area contributed by atoms with Crippen molar-refractivity contribution in [2.45, 2.75) is 12.5 Å². The van der Waals surface area contributed by atoms with E-state index in [1.54, 1.807) is 0 Å². The highest BCUT2D eigenvalue weighted by Crippen LogP contribution is 2.18. The van der Waals surface area contributed by atoms with Crippen LogP contribution in [-0.4, -0.2) is 34.2 Å². The molecule has 2 rings (SSSR count). The van der Waals surface area contributed by atoms with Crippen LogP contribution in [-0.2, 0) is 14.3 Å². The standard InChI is InChI=1S/C11H8N4O5/c12-14-13-7-3-1-6(2-4-7)11(18)20-8-5-9(16)15(19)10(8)17/h1-4,8,19H,5H2. The van der Waals surface area contributed by atoms with Gasteiger partial charge in [-0.1, -0.05) is 17.2 Å². The van der Waals surface area contributed by atoms with Crippen molar-refractivity contribution >= 4 is 23.5 Å². The first-order valence-corrected chi connectivity index (χ1v) is 5.44. The van der Waals surface area contributed by atoms with Crippen LogP contribution in [0.1, 0.15) is 16.8 Å². The summed E-state index contributed by atoms with van der Waals surface area (Å²) in [5.41, 5.74) is 8.68. The Morgan fingerprint density at radius 2 is 2.05 bits per heavy atom. The second-order valence-corrected chi connectivity index (χ2v) is 3.88. The number of ether oxygens (including phenoxy) is 1. The normalized spacial score (nSPS) is 17.9. The van der Waals surface area contributed by atoms with Gasteiger partial charge in [0.15, 0.2) is 6.10 Å². The average Bonchev–Trinajstić information content (AvgIpc) is 2.67. The van der Waals surface area contributed by atoms with Gasteiger partial charge in [-0.2, -0.15) is 5.06 Å². The largest absolute Gasteiger partial charge is 0.448 e. The fourth-order valence-electron chi connectivity index (χ4n) is 1.60. The zero-order valence-corrected chi connectivity index (χ0v) is 9.96. The fraction of sp³-hybridized carbons (Fsp3) is 0.182. The van der Waals surface area contributed by atoms with Crippen LogP contribution in [0.25, 0.3) is 10.4 Å². The number of esters is 1. The van der Waals surface area contributed by atoms with E-state index in [0.717, 1.165) is 0 Å². The van der Waals surface area contributed by atoms with Crippen molar-refractivity contribution in [3.63, 3.8) is 0 Å². The Morgan fingerprint density at radius 1 is 1.40 bits per heavy atom. The summed E-state index contributed by atoms with van der Waals surface area (Å²) < 4.78 is 4.84. The quantitative estimate of drug-likeness (QED) is 0.222. The summed E-state index contributed by atoms with van der Waals surface area (Å²) in [5.74, 6) is -2.63. The van der Waals surface area contributed by atoms with E-state index in [2.05, 4.69) is 10.0 Å². The maximum absolute atomic E-state index is 11.7. The molecule has 1 unspecified atom stereocenters. The van der Waals surface area contributed by atoms with Gasteiger partial charge in [0.25, 0.3) is 11.8 Å². The molecule has 1 aliphatic heterocycles. The molecule has 2 amide bonds. The summed E-state index contributed by atoms with van der Waals surface area (Å²) >= 11 is 0. The zero-order valence-electron chi connectivity index (χ0n) is 9.96.